The van der Waals surface area contributed by atoms with Crippen molar-refractivity contribution in [1.82, 2.24) is 0 Å². The highest BCUT2D eigenvalue weighted by molar-refractivity contribution is 7.95. The summed E-state index contributed by atoms with van der Waals surface area (Å²) in [6.45, 7) is 2.97. The van der Waals surface area contributed by atoms with E-state index in [2.05, 4.69) is 4.72 Å². The molecule has 7 nitrogen and oxygen atoms in total. The lowest BCUT2D eigenvalue weighted by atomic mass is 10.0. The van der Waals surface area contributed by atoms with Crippen molar-refractivity contribution >= 4 is 64.6 Å². The SMILES string of the molecule is Cc1c(NS(=O)(=O)c2sc3ccc(Cl)cc3c2C)ccc(C(=O)c2ccccc2)c1S(=O)(=O)O. The highest BCUT2D eigenvalue weighted by Gasteiger charge is 2.28. The van der Waals surface area contributed by atoms with Crippen LogP contribution in [0.4, 0.5) is 5.69 Å². The maximum absolute atomic E-state index is 13.2. The minimum atomic E-state index is -4.86. The van der Waals surface area contributed by atoms with Crippen LogP contribution in [-0.2, 0) is 20.1 Å². The molecule has 2 N–H and O–H groups in total. The molecule has 0 aliphatic rings. The van der Waals surface area contributed by atoms with Crippen molar-refractivity contribution in [3.8, 4) is 0 Å². The zero-order valence-electron chi connectivity index (χ0n) is 17.9. The van der Waals surface area contributed by atoms with Gasteiger partial charge in [0.25, 0.3) is 20.1 Å². The first kappa shape index (κ1) is 24.4. The maximum Gasteiger partial charge on any atom is 0.295 e. The van der Waals surface area contributed by atoms with Crippen LogP contribution in [0.15, 0.2) is 69.8 Å². The summed E-state index contributed by atoms with van der Waals surface area (Å²) in [5, 5.41) is 1.16. The summed E-state index contributed by atoms with van der Waals surface area (Å²) in [7, 11) is -8.99. The zero-order valence-corrected chi connectivity index (χ0v) is 21.1. The molecule has 3 aromatic carbocycles. The first-order chi connectivity index (χ1) is 15.9. The van der Waals surface area contributed by atoms with Crippen LogP contribution in [0, 0.1) is 13.8 Å². The zero-order chi connectivity index (χ0) is 24.8. The summed E-state index contributed by atoms with van der Waals surface area (Å²) in [5.41, 5.74) is 0.279. The molecule has 0 amide bonds. The highest BCUT2D eigenvalue weighted by atomic mass is 35.5. The summed E-state index contributed by atoms with van der Waals surface area (Å²) in [6, 6.07) is 15.5. The predicted octanol–water partition coefficient (Wildman–Crippen LogP) is 5.45. The fourth-order valence-electron chi connectivity index (χ4n) is 3.68. The Bertz CT molecular complexity index is 1660. The van der Waals surface area contributed by atoms with Gasteiger partial charge in [0.2, 0.25) is 0 Å². The van der Waals surface area contributed by atoms with Crippen LogP contribution >= 0.6 is 22.9 Å². The molecule has 0 radical (unpaired) electrons. The van der Waals surface area contributed by atoms with Gasteiger partial charge in [0, 0.05) is 20.8 Å². The number of halogens is 1. The number of hydrogen-bond donors (Lipinski definition) is 2. The molecular formula is C23H18ClNO6S3. The van der Waals surface area contributed by atoms with Crippen molar-refractivity contribution in [2.24, 2.45) is 0 Å². The maximum atomic E-state index is 13.2. The highest BCUT2D eigenvalue weighted by Crippen LogP contribution is 2.37. The first-order valence-corrected chi connectivity index (χ1v) is 13.9. The number of rotatable bonds is 6. The number of ketones is 1. The Morgan fingerprint density at radius 2 is 1.62 bits per heavy atom. The number of carbonyl (C=O) groups excluding carboxylic acids is 1. The molecule has 0 saturated heterocycles. The Morgan fingerprint density at radius 3 is 2.26 bits per heavy atom. The predicted molar refractivity (Wildman–Crippen MR) is 133 cm³/mol. The van der Waals surface area contributed by atoms with Gasteiger partial charge in [-0.3, -0.25) is 14.1 Å². The summed E-state index contributed by atoms with van der Waals surface area (Å²) >= 11 is 7.09. The fourth-order valence-corrected chi connectivity index (χ4v) is 7.65. The molecule has 11 heteroatoms. The summed E-state index contributed by atoms with van der Waals surface area (Å²) in [4.78, 5) is 12.3. The number of carbonyl (C=O) groups is 1. The lowest BCUT2D eigenvalue weighted by Crippen LogP contribution is -2.17. The third-order valence-electron chi connectivity index (χ3n) is 5.29. The Kier molecular flexibility index (Phi) is 6.30. The molecule has 0 spiro atoms. The summed E-state index contributed by atoms with van der Waals surface area (Å²) in [6.07, 6.45) is 0. The molecule has 1 heterocycles. The second-order valence-electron chi connectivity index (χ2n) is 7.55. The third-order valence-corrected chi connectivity index (χ3v) is 9.82. The van der Waals surface area contributed by atoms with Gasteiger partial charge >= 0.3 is 0 Å². The minimum Gasteiger partial charge on any atom is -0.289 e. The lowest BCUT2D eigenvalue weighted by Gasteiger charge is -2.15. The van der Waals surface area contributed by atoms with Gasteiger partial charge in [0.1, 0.15) is 9.10 Å². The van der Waals surface area contributed by atoms with Gasteiger partial charge < -0.3 is 0 Å². The van der Waals surface area contributed by atoms with Gasteiger partial charge in [-0.25, -0.2) is 8.42 Å². The molecule has 0 fully saturated rings. The quantitative estimate of drug-likeness (QED) is 0.250. The summed E-state index contributed by atoms with van der Waals surface area (Å²) in [5.74, 6) is -0.622. The molecule has 0 saturated carbocycles. The van der Waals surface area contributed by atoms with Crippen LogP contribution in [0.5, 0.6) is 0 Å². The largest absolute Gasteiger partial charge is 0.295 e. The average molecular weight is 536 g/mol. The van der Waals surface area contributed by atoms with E-state index in [9.17, 15) is 26.2 Å². The molecular weight excluding hydrogens is 518 g/mol. The van der Waals surface area contributed by atoms with Crippen LogP contribution in [0.3, 0.4) is 0 Å². The van der Waals surface area contributed by atoms with Gasteiger partial charge in [-0.15, -0.1) is 11.3 Å². The first-order valence-electron chi connectivity index (χ1n) is 9.82. The monoisotopic (exact) mass is 535 g/mol. The molecule has 0 bridgehead atoms. The fraction of sp³-hybridized carbons (Fsp3) is 0.0870. The number of anilines is 1. The molecule has 1 aromatic heterocycles. The number of benzene rings is 3. The summed E-state index contributed by atoms with van der Waals surface area (Å²) < 4.78 is 63.9. The van der Waals surface area contributed by atoms with Crippen LogP contribution in [0.1, 0.15) is 27.0 Å². The number of aryl methyl sites for hydroxylation is 1. The van der Waals surface area contributed by atoms with E-state index in [1.807, 2.05) is 0 Å². The number of thiophene rings is 1. The smallest absolute Gasteiger partial charge is 0.289 e. The van der Waals surface area contributed by atoms with E-state index < -0.39 is 30.8 Å². The van der Waals surface area contributed by atoms with Crippen molar-refractivity contribution in [1.29, 1.82) is 0 Å². The lowest BCUT2D eigenvalue weighted by molar-refractivity contribution is 0.103. The number of sulfonamides is 1. The van der Waals surface area contributed by atoms with Crippen molar-refractivity contribution in [2.75, 3.05) is 4.72 Å². The topological polar surface area (TPSA) is 118 Å². The van der Waals surface area contributed by atoms with Crippen molar-refractivity contribution < 1.29 is 26.2 Å². The van der Waals surface area contributed by atoms with E-state index >= 15 is 0 Å². The number of hydrogen-bond acceptors (Lipinski definition) is 6. The Hall–Kier alpha value is -2.76. The van der Waals surface area contributed by atoms with E-state index in [0.717, 1.165) is 16.0 Å². The van der Waals surface area contributed by atoms with Crippen molar-refractivity contribution in [3.05, 3.63) is 87.9 Å². The van der Waals surface area contributed by atoms with Crippen LogP contribution < -0.4 is 4.72 Å². The van der Waals surface area contributed by atoms with Gasteiger partial charge in [-0.05, 0) is 60.7 Å². The molecule has 0 aliphatic heterocycles. The standard InChI is InChI=1S/C23H18ClNO6S3/c1-13-18-12-16(24)8-11-20(18)32-23(13)33(27,28)25-19-10-9-17(22(14(19)2)34(29,30)31)21(26)15-6-4-3-5-7-15/h3-12,25H,1-2H3,(H,29,30,31). The van der Waals surface area contributed by atoms with Gasteiger partial charge in [-0.2, -0.15) is 8.42 Å². The van der Waals surface area contributed by atoms with Gasteiger partial charge in [0.05, 0.1) is 5.69 Å². The Morgan fingerprint density at radius 1 is 0.941 bits per heavy atom. The average Bonchev–Trinajstić information content (AvgIpc) is 3.11. The second-order valence-corrected chi connectivity index (χ2v) is 12.3. The number of fused-ring (bicyclic) bond motifs is 1. The molecule has 176 valence electrons. The minimum absolute atomic E-state index is 0.0435. The number of nitrogens with one attached hydrogen (secondary N) is 1. The second kappa shape index (κ2) is 8.79. The van der Waals surface area contributed by atoms with E-state index in [1.54, 1.807) is 43.3 Å². The van der Waals surface area contributed by atoms with Gasteiger partial charge in [-0.1, -0.05) is 41.9 Å². The molecule has 0 unspecified atom stereocenters. The van der Waals surface area contributed by atoms with E-state index in [0.29, 0.717) is 16.0 Å². The van der Waals surface area contributed by atoms with Crippen molar-refractivity contribution in [2.45, 2.75) is 23.0 Å². The molecule has 0 aliphatic carbocycles. The van der Waals surface area contributed by atoms with Crippen LogP contribution in [0.25, 0.3) is 10.1 Å². The molecule has 4 rings (SSSR count). The van der Waals surface area contributed by atoms with Crippen LogP contribution in [-0.4, -0.2) is 27.2 Å². The third kappa shape index (κ3) is 4.47. The van der Waals surface area contributed by atoms with E-state index in [-0.39, 0.29) is 26.6 Å². The van der Waals surface area contributed by atoms with Crippen LogP contribution in [0.2, 0.25) is 5.02 Å². The van der Waals surface area contributed by atoms with Gasteiger partial charge in [0.15, 0.2) is 5.78 Å². The molecule has 4 aromatic rings. The molecule has 34 heavy (non-hydrogen) atoms. The van der Waals surface area contributed by atoms with E-state index in [1.165, 1.54) is 31.2 Å². The van der Waals surface area contributed by atoms with E-state index in [4.69, 9.17) is 11.6 Å². The molecule has 0 atom stereocenters. The normalized spacial score (nSPS) is 12.1. The Balaban J connectivity index is 1.82. The Labute approximate surface area is 205 Å². The van der Waals surface area contributed by atoms with Crippen molar-refractivity contribution in [3.63, 3.8) is 0 Å².